The fourth-order valence-corrected chi connectivity index (χ4v) is 2.37. The zero-order chi connectivity index (χ0) is 10.9. The average Bonchev–Trinajstić information content (AvgIpc) is 2.02. The van der Waals surface area contributed by atoms with Crippen molar-refractivity contribution in [3.63, 3.8) is 0 Å². The topological polar surface area (TPSA) is 56.3 Å². The van der Waals surface area contributed by atoms with E-state index in [1.807, 2.05) is 0 Å². The number of halogens is 1. The Kier molecular flexibility index (Phi) is 3.01. The number of hydrogen-bond acceptors (Lipinski definition) is 4. The normalized spacial score (nSPS) is 11.4. The van der Waals surface area contributed by atoms with E-state index in [-0.39, 0.29) is 5.03 Å². The van der Waals surface area contributed by atoms with Gasteiger partial charge in [-0.25, -0.2) is 13.4 Å². The molecule has 14 heavy (non-hydrogen) atoms. The lowest BCUT2D eigenvalue weighted by molar-refractivity contribution is 0.405. The molecule has 0 saturated heterocycles. The molecule has 1 heterocycles. The molecule has 0 amide bonds. The van der Waals surface area contributed by atoms with E-state index in [0.29, 0.717) is 11.3 Å². The highest BCUT2D eigenvalue weighted by molar-refractivity contribution is 8.13. The first kappa shape index (κ1) is 11.3. The molecule has 0 aliphatic rings. The molecule has 1 aromatic rings. The zero-order valence-corrected chi connectivity index (χ0v) is 9.61. The molecule has 0 unspecified atom stereocenters. The molecule has 4 nitrogen and oxygen atoms in total. The van der Waals surface area contributed by atoms with Gasteiger partial charge in [-0.15, -0.1) is 0 Å². The standard InChI is InChI=1S/C8H10ClNO3S/c1-5-4-10-8(14(9,11)12)6(2)7(5)13-3/h4H,1-3H3. The molecule has 6 heteroatoms. The van der Waals surface area contributed by atoms with Crippen molar-refractivity contribution >= 4 is 19.7 Å². The Morgan fingerprint density at radius 1 is 1.43 bits per heavy atom. The van der Waals surface area contributed by atoms with Crippen LogP contribution in [0.4, 0.5) is 0 Å². The molecule has 0 fully saturated rings. The van der Waals surface area contributed by atoms with E-state index in [1.54, 1.807) is 13.8 Å². The van der Waals surface area contributed by atoms with Gasteiger partial charge in [-0.2, -0.15) is 0 Å². The van der Waals surface area contributed by atoms with Gasteiger partial charge in [0, 0.05) is 28.0 Å². The number of methoxy groups -OCH3 is 1. The van der Waals surface area contributed by atoms with Crippen LogP contribution in [0.1, 0.15) is 11.1 Å². The molecule has 0 aliphatic heterocycles. The quantitative estimate of drug-likeness (QED) is 0.732. The van der Waals surface area contributed by atoms with Crippen LogP contribution < -0.4 is 4.74 Å². The van der Waals surface area contributed by atoms with Crippen molar-refractivity contribution in [1.29, 1.82) is 0 Å². The van der Waals surface area contributed by atoms with Crippen LogP contribution in [-0.2, 0) is 9.05 Å². The van der Waals surface area contributed by atoms with Gasteiger partial charge in [0.2, 0.25) is 0 Å². The number of nitrogens with zero attached hydrogens (tertiary/aromatic N) is 1. The van der Waals surface area contributed by atoms with Crippen LogP contribution in [0.5, 0.6) is 5.75 Å². The molecule has 0 spiro atoms. The molecule has 0 radical (unpaired) electrons. The maximum Gasteiger partial charge on any atom is 0.279 e. The van der Waals surface area contributed by atoms with E-state index in [1.165, 1.54) is 13.3 Å². The van der Waals surface area contributed by atoms with Crippen LogP contribution >= 0.6 is 10.7 Å². The smallest absolute Gasteiger partial charge is 0.279 e. The van der Waals surface area contributed by atoms with Gasteiger partial charge in [0.05, 0.1) is 7.11 Å². The molecule has 0 bridgehead atoms. The van der Waals surface area contributed by atoms with Crippen molar-refractivity contribution in [2.24, 2.45) is 0 Å². The third-order valence-corrected chi connectivity index (χ3v) is 3.14. The van der Waals surface area contributed by atoms with E-state index in [4.69, 9.17) is 15.4 Å². The van der Waals surface area contributed by atoms with Crippen molar-refractivity contribution in [2.75, 3.05) is 7.11 Å². The SMILES string of the molecule is COc1c(C)cnc(S(=O)(=O)Cl)c1C. The summed E-state index contributed by atoms with van der Waals surface area (Å²) in [6, 6.07) is 0. The van der Waals surface area contributed by atoms with Crippen molar-refractivity contribution in [3.8, 4) is 5.75 Å². The van der Waals surface area contributed by atoms with Gasteiger partial charge in [0.1, 0.15) is 5.75 Å². The Balaban J connectivity index is 3.52. The molecule has 78 valence electrons. The van der Waals surface area contributed by atoms with Crippen molar-refractivity contribution in [1.82, 2.24) is 4.98 Å². The Hall–Kier alpha value is -0.810. The van der Waals surface area contributed by atoms with Crippen LogP contribution in [0.3, 0.4) is 0 Å². The Bertz CT molecular complexity index is 456. The first-order valence-corrected chi connectivity index (χ1v) is 6.13. The largest absolute Gasteiger partial charge is 0.496 e. The summed E-state index contributed by atoms with van der Waals surface area (Å²) in [7, 11) is 2.87. The van der Waals surface area contributed by atoms with E-state index in [2.05, 4.69) is 4.98 Å². The number of rotatable bonds is 2. The summed E-state index contributed by atoms with van der Waals surface area (Å²) in [5.74, 6) is 0.499. The van der Waals surface area contributed by atoms with E-state index >= 15 is 0 Å². The number of aromatic nitrogens is 1. The molecular weight excluding hydrogens is 226 g/mol. The average molecular weight is 236 g/mol. The summed E-state index contributed by atoms with van der Waals surface area (Å²) in [6.45, 7) is 3.39. The highest BCUT2D eigenvalue weighted by atomic mass is 35.7. The monoisotopic (exact) mass is 235 g/mol. The Labute approximate surface area is 87.3 Å². The van der Waals surface area contributed by atoms with E-state index in [0.717, 1.165) is 5.56 Å². The van der Waals surface area contributed by atoms with Crippen molar-refractivity contribution in [2.45, 2.75) is 18.9 Å². The number of aryl methyl sites for hydroxylation is 1. The summed E-state index contributed by atoms with van der Waals surface area (Å²) in [4.78, 5) is 3.76. The van der Waals surface area contributed by atoms with Gasteiger partial charge in [-0.1, -0.05) is 0 Å². The lowest BCUT2D eigenvalue weighted by Gasteiger charge is -2.09. The van der Waals surface area contributed by atoms with Crippen LogP contribution in [0.2, 0.25) is 0 Å². The molecule has 0 saturated carbocycles. The summed E-state index contributed by atoms with van der Waals surface area (Å²) in [5, 5.41) is -0.151. The van der Waals surface area contributed by atoms with Gasteiger partial charge < -0.3 is 4.74 Å². The lowest BCUT2D eigenvalue weighted by Crippen LogP contribution is -2.02. The third kappa shape index (κ3) is 1.99. The second-order valence-corrected chi connectivity index (χ2v) is 5.32. The minimum Gasteiger partial charge on any atom is -0.496 e. The fraction of sp³-hybridized carbons (Fsp3) is 0.375. The molecule has 1 rings (SSSR count). The van der Waals surface area contributed by atoms with Crippen LogP contribution in [-0.4, -0.2) is 20.5 Å². The maximum absolute atomic E-state index is 11.1. The zero-order valence-electron chi connectivity index (χ0n) is 8.04. The van der Waals surface area contributed by atoms with E-state index < -0.39 is 9.05 Å². The highest BCUT2D eigenvalue weighted by Crippen LogP contribution is 2.28. The molecule has 0 atom stereocenters. The second-order valence-electron chi connectivity index (χ2n) is 2.84. The number of ether oxygens (including phenoxy) is 1. The first-order valence-electron chi connectivity index (χ1n) is 3.82. The van der Waals surface area contributed by atoms with Gasteiger partial charge in [-0.3, -0.25) is 0 Å². The maximum atomic E-state index is 11.1. The summed E-state index contributed by atoms with van der Waals surface area (Å²) in [6.07, 6.45) is 1.42. The molecule has 0 aliphatic carbocycles. The fourth-order valence-electron chi connectivity index (χ4n) is 1.26. The van der Waals surface area contributed by atoms with E-state index in [9.17, 15) is 8.42 Å². The van der Waals surface area contributed by atoms with Gasteiger partial charge in [-0.05, 0) is 13.8 Å². The minimum absolute atomic E-state index is 0.151. The lowest BCUT2D eigenvalue weighted by atomic mass is 10.2. The highest BCUT2D eigenvalue weighted by Gasteiger charge is 2.19. The predicted octanol–water partition coefficient (Wildman–Crippen LogP) is 1.63. The van der Waals surface area contributed by atoms with Gasteiger partial charge in [0.25, 0.3) is 9.05 Å². The molecular formula is C8H10ClNO3S. The molecule has 0 aromatic carbocycles. The minimum atomic E-state index is -3.80. The molecule has 0 N–H and O–H groups in total. The van der Waals surface area contributed by atoms with Gasteiger partial charge in [0.15, 0.2) is 5.03 Å². The third-order valence-electron chi connectivity index (χ3n) is 1.83. The summed E-state index contributed by atoms with van der Waals surface area (Å²) in [5.41, 5.74) is 1.21. The Morgan fingerprint density at radius 3 is 2.43 bits per heavy atom. The van der Waals surface area contributed by atoms with Gasteiger partial charge >= 0.3 is 0 Å². The second kappa shape index (κ2) is 3.74. The van der Waals surface area contributed by atoms with Crippen LogP contribution in [0, 0.1) is 13.8 Å². The molecule has 1 aromatic heterocycles. The Morgan fingerprint density at radius 2 is 2.00 bits per heavy atom. The first-order chi connectivity index (χ1) is 6.38. The summed E-state index contributed by atoms with van der Waals surface area (Å²) < 4.78 is 27.2. The van der Waals surface area contributed by atoms with Crippen LogP contribution in [0.15, 0.2) is 11.2 Å². The predicted molar refractivity (Wildman–Crippen MR) is 53.3 cm³/mol. The van der Waals surface area contributed by atoms with Crippen molar-refractivity contribution < 1.29 is 13.2 Å². The summed E-state index contributed by atoms with van der Waals surface area (Å²) >= 11 is 0. The number of pyridine rings is 1. The number of hydrogen-bond donors (Lipinski definition) is 0. The van der Waals surface area contributed by atoms with Crippen LogP contribution in [0.25, 0.3) is 0 Å². The van der Waals surface area contributed by atoms with Crippen molar-refractivity contribution in [3.05, 3.63) is 17.3 Å².